The number of ether oxygens (including phenoxy) is 4. The van der Waals surface area contributed by atoms with Gasteiger partial charge in [0.15, 0.2) is 12.2 Å². The van der Waals surface area contributed by atoms with Crippen molar-refractivity contribution in [2.24, 2.45) is 11.8 Å². The van der Waals surface area contributed by atoms with Crippen LogP contribution in [0.1, 0.15) is 485 Å². The Morgan fingerprint density at radius 2 is 0.468 bits per heavy atom. The summed E-state index contributed by atoms with van der Waals surface area (Å²) in [6, 6.07) is 0. The molecule has 0 aromatic heterocycles. The number of unbranched alkanes of at least 4 members (excludes halogenated alkanes) is 58. The molecule has 109 heavy (non-hydrogen) atoms. The molecule has 0 rings (SSSR count). The van der Waals surface area contributed by atoms with Gasteiger partial charge in [0.2, 0.25) is 0 Å². The lowest BCUT2D eigenvalue weighted by Gasteiger charge is -2.21. The van der Waals surface area contributed by atoms with E-state index in [1.807, 2.05) is 0 Å². The van der Waals surface area contributed by atoms with Gasteiger partial charge in [-0.2, -0.15) is 0 Å². The summed E-state index contributed by atoms with van der Waals surface area (Å²) in [7, 11) is -9.93. The summed E-state index contributed by atoms with van der Waals surface area (Å²) in [5.41, 5.74) is 0. The zero-order valence-corrected chi connectivity index (χ0v) is 73.7. The molecular weight excluding hydrogens is 1410 g/mol. The standard InChI is InChI=1S/C90H176O17P2/c1-7-10-12-14-16-18-20-22-24-26-28-30-31-33-35-37-42-46-50-54-62-68-74-89(94)106-85(78-100-87(92)72-66-60-53-49-45-41-36-34-32-29-27-25-23-21-19-17-15-13-11-8-2)80-104-108(96,97)102-76-84(91)77-103-109(98,99)105-81-86(79-101-88(93)73-67-61-57-56-59-65-71-83(6)9-3)107-90(95)75-69-63-55-51-47-43-39-38-40-44-48-52-58-64-70-82(4)5/h82-86,91H,7-81H2,1-6H3,(H,96,97)(H,98,99)/t83?,84-,85-,86-/m1/s1. The third-order valence-electron chi connectivity index (χ3n) is 21.6. The maximum absolute atomic E-state index is 13.2. The van der Waals surface area contributed by atoms with Crippen molar-refractivity contribution in [2.45, 2.75) is 503 Å². The fraction of sp³-hybridized carbons (Fsp3) is 0.956. The summed E-state index contributed by atoms with van der Waals surface area (Å²) in [4.78, 5) is 73.3. The van der Waals surface area contributed by atoms with Gasteiger partial charge in [-0.15, -0.1) is 0 Å². The average molecular weight is 1590 g/mol. The van der Waals surface area contributed by atoms with Crippen LogP contribution in [0.2, 0.25) is 0 Å². The van der Waals surface area contributed by atoms with Crippen molar-refractivity contribution in [1.29, 1.82) is 0 Å². The first-order valence-corrected chi connectivity index (χ1v) is 49.5. The molecule has 0 fully saturated rings. The molecule has 3 N–H and O–H groups in total. The summed E-state index contributed by atoms with van der Waals surface area (Å²) in [5.74, 6) is -0.574. The van der Waals surface area contributed by atoms with Gasteiger partial charge in [0.25, 0.3) is 0 Å². The van der Waals surface area contributed by atoms with Gasteiger partial charge in [0, 0.05) is 25.7 Å². The fourth-order valence-electron chi connectivity index (χ4n) is 14.1. The van der Waals surface area contributed by atoms with Crippen molar-refractivity contribution in [3.05, 3.63) is 0 Å². The summed E-state index contributed by atoms with van der Waals surface area (Å²) in [5, 5.41) is 10.7. The number of aliphatic hydroxyl groups excluding tert-OH is 1. The molecule has 6 atom stereocenters. The van der Waals surface area contributed by atoms with Crippen molar-refractivity contribution in [3.8, 4) is 0 Å². The van der Waals surface area contributed by atoms with Crippen molar-refractivity contribution in [3.63, 3.8) is 0 Å². The first-order chi connectivity index (χ1) is 52.9. The van der Waals surface area contributed by atoms with Crippen LogP contribution < -0.4 is 0 Å². The predicted octanol–water partition coefficient (Wildman–Crippen LogP) is 27.8. The van der Waals surface area contributed by atoms with Crippen LogP contribution in [-0.2, 0) is 65.4 Å². The Morgan fingerprint density at radius 1 is 0.266 bits per heavy atom. The van der Waals surface area contributed by atoms with E-state index in [0.717, 1.165) is 108 Å². The molecule has 0 aliphatic carbocycles. The van der Waals surface area contributed by atoms with E-state index >= 15 is 0 Å². The first-order valence-electron chi connectivity index (χ1n) is 46.5. The number of esters is 4. The van der Waals surface area contributed by atoms with E-state index in [1.165, 1.54) is 295 Å². The number of rotatable bonds is 89. The largest absolute Gasteiger partial charge is 0.472 e. The second-order valence-corrected chi connectivity index (χ2v) is 36.0. The fourth-order valence-corrected chi connectivity index (χ4v) is 15.7. The van der Waals surface area contributed by atoms with Crippen LogP contribution >= 0.6 is 15.6 Å². The third kappa shape index (κ3) is 82.4. The van der Waals surface area contributed by atoms with E-state index in [4.69, 9.17) is 37.0 Å². The molecule has 0 radical (unpaired) electrons. The summed E-state index contributed by atoms with van der Waals surface area (Å²) >= 11 is 0. The molecule has 17 nitrogen and oxygen atoms in total. The van der Waals surface area contributed by atoms with Crippen molar-refractivity contribution >= 4 is 39.5 Å². The molecule has 0 spiro atoms. The van der Waals surface area contributed by atoms with Crippen molar-refractivity contribution in [2.75, 3.05) is 39.6 Å². The highest BCUT2D eigenvalue weighted by molar-refractivity contribution is 7.47. The highest BCUT2D eigenvalue weighted by atomic mass is 31.2. The first kappa shape index (κ1) is 107. The molecule has 0 saturated heterocycles. The summed E-state index contributed by atoms with van der Waals surface area (Å²) < 4.78 is 69.0. The van der Waals surface area contributed by atoms with Crippen LogP contribution in [0.5, 0.6) is 0 Å². The van der Waals surface area contributed by atoms with Crippen LogP contribution in [-0.4, -0.2) is 96.7 Å². The molecule has 0 bridgehead atoms. The number of hydrogen-bond acceptors (Lipinski definition) is 15. The van der Waals surface area contributed by atoms with E-state index < -0.39 is 97.5 Å². The van der Waals surface area contributed by atoms with Gasteiger partial charge >= 0.3 is 39.5 Å². The number of carbonyl (C=O) groups excluding carboxylic acids is 4. The van der Waals surface area contributed by atoms with Gasteiger partial charge in [-0.3, -0.25) is 37.3 Å². The van der Waals surface area contributed by atoms with Gasteiger partial charge in [0.1, 0.15) is 19.3 Å². The maximum atomic E-state index is 13.2. The third-order valence-corrected chi connectivity index (χ3v) is 23.5. The van der Waals surface area contributed by atoms with E-state index in [9.17, 15) is 43.2 Å². The number of carbonyl (C=O) groups is 4. The number of phosphoric ester groups is 2. The predicted molar refractivity (Wildman–Crippen MR) is 451 cm³/mol. The van der Waals surface area contributed by atoms with E-state index in [1.54, 1.807) is 0 Å². The lowest BCUT2D eigenvalue weighted by molar-refractivity contribution is -0.161. The number of aliphatic hydroxyl groups is 1. The molecule has 0 amide bonds. The minimum atomic E-state index is -4.97. The van der Waals surface area contributed by atoms with Crippen LogP contribution in [0.25, 0.3) is 0 Å². The SMILES string of the molecule is CCCCCCCCCCCCCCCCCCCCCCCCC(=O)O[C@H](COC(=O)CCCCCCCCCCCCCCCCCCCCCC)COP(=O)(O)OC[C@@H](O)COP(=O)(O)OC[C@@H](COC(=O)CCCCCCCCC(C)CC)OC(=O)CCCCCCCCCCCCCCCCC(C)C. The number of hydrogen-bond donors (Lipinski definition) is 3. The van der Waals surface area contributed by atoms with Crippen molar-refractivity contribution in [1.82, 2.24) is 0 Å². The molecule has 648 valence electrons. The zero-order chi connectivity index (χ0) is 79.9. The van der Waals surface area contributed by atoms with Gasteiger partial charge in [-0.25, -0.2) is 9.13 Å². The van der Waals surface area contributed by atoms with Crippen LogP contribution in [0.15, 0.2) is 0 Å². The molecular formula is C90H176O17P2. The molecule has 0 aliphatic rings. The van der Waals surface area contributed by atoms with Crippen molar-refractivity contribution < 1.29 is 80.2 Å². The van der Waals surface area contributed by atoms with E-state index in [-0.39, 0.29) is 25.7 Å². The summed E-state index contributed by atoms with van der Waals surface area (Å²) in [6.07, 6.45) is 75.2. The normalized spacial score (nSPS) is 14.0. The Hall–Kier alpha value is -1.94. The number of phosphoric acid groups is 2. The lowest BCUT2D eigenvalue weighted by atomic mass is 10.00. The Kier molecular flexibility index (Phi) is 79.8. The minimum absolute atomic E-state index is 0.107. The van der Waals surface area contributed by atoms with Crippen LogP contribution in [0.3, 0.4) is 0 Å². The van der Waals surface area contributed by atoms with E-state index in [2.05, 4.69) is 41.5 Å². The topological polar surface area (TPSA) is 237 Å². The maximum Gasteiger partial charge on any atom is 0.472 e. The smallest absolute Gasteiger partial charge is 0.462 e. The Morgan fingerprint density at radius 3 is 0.697 bits per heavy atom. The molecule has 3 unspecified atom stereocenters. The highest BCUT2D eigenvalue weighted by Gasteiger charge is 2.31. The van der Waals surface area contributed by atoms with E-state index in [0.29, 0.717) is 25.7 Å². The second-order valence-electron chi connectivity index (χ2n) is 33.1. The van der Waals surface area contributed by atoms with Gasteiger partial charge < -0.3 is 33.8 Å². The molecule has 19 heteroatoms. The summed E-state index contributed by atoms with van der Waals surface area (Å²) in [6.45, 7) is 9.67. The molecule has 0 heterocycles. The quantitative estimate of drug-likeness (QED) is 0.0222. The zero-order valence-electron chi connectivity index (χ0n) is 71.9. The molecule has 0 saturated carbocycles. The molecule has 0 aliphatic heterocycles. The van der Waals surface area contributed by atoms with Crippen LogP contribution in [0, 0.1) is 11.8 Å². The second kappa shape index (κ2) is 81.2. The Bertz CT molecular complexity index is 2080. The Balaban J connectivity index is 5.22. The minimum Gasteiger partial charge on any atom is -0.462 e. The lowest BCUT2D eigenvalue weighted by Crippen LogP contribution is -2.30. The molecule has 0 aromatic carbocycles. The van der Waals surface area contributed by atoms with Crippen LogP contribution in [0.4, 0.5) is 0 Å². The van der Waals surface area contributed by atoms with Gasteiger partial charge in [0.05, 0.1) is 26.4 Å². The Labute approximate surface area is 670 Å². The monoisotopic (exact) mass is 1590 g/mol. The highest BCUT2D eigenvalue weighted by Crippen LogP contribution is 2.45. The van der Waals surface area contributed by atoms with Gasteiger partial charge in [-0.05, 0) is 37.5 Å². The average Bonchev–Trinajstić information content (AvgIpc) is 0.898. The molecule has 0 aromatic rings. The van der Waals surface area contributed by atoms with Gasteiger partial charge in [-0.1, -0.05) is 433 Å².